The lowest BCUT2D eigenvalue weighted by Gasteiger charge is -2.11. The largest absolute Gasteiger partial charge is 0.454 e. The molecule has 0 bridgehead atoms. The Balaban J connectivity index is 1.72. The lowest BCUT2D eigenvalue weighted by molar-refractivity contribution is -0.116. The van der Waals surface area contributed by atoms with Gasteiger partial charge in [0.2, 0.25) is 12.7 Å². The summed E-state index contributed by atoms with van der Waals surface area (Å²) in [5, 5.41) is 7.11. The molecule has 1 aromatic carbocycles. The molecule has 0 aliphatic carbocycles. The summed E-state index contributed by atoms with van der Waals surface area (Å²) >= 11 is 0. The van der Waals surface area contributed by atoms with Gasteiger partial charge in [-0.1, -0.05) is 0 Å². The molecule has 0 atom stereocenters. The summed E-state index contributed by atoms with van der Waals surface area (Å²) < 4.78 is 12.4. The van der Waals surface area contributed by atoms with Crippen LogP contribution in [-0.4, -0.2) is 28.3 Å². The Morgan fingerprint density at radius 1 is 1.21 bits per heavy atom. The van der Waals surface area contributed by atoms with Crippen molar-refractivity contribution in [2.75, 3.05) is 12.1 Å². The van der Waals surface area contributed by atoms with E-state index in [4.69, 9.17) is 9.47 Å². The molecule has 1 aromatic heterocycles. The molecule has 0 radical (unpaired) electrons. The van der Waals surface area contributed by atoms with Crippen LogP contribution in [0.1, 0.15) is 35.1 Å². The molecule has 0 spiro atoms. The molecule has 1 aliphatic rings. The van der Waals surface area contributed by atoms with E-state index >= 15 is 0 Å². The number of amides is 1. The van der Waals surface area contributed by atoms with Gasteiger partial charge >= 0.3 is 0 Å². The van der Waals surface area contributed by atoms with Gasteiger partial charge in [0.1, 0.15) is 0 Å². The van der Waals surface area contributed by atoms with Gasteiger partial charge < -0.3 is 14.8 Å². The summed E-state index contributed by atoms with van der Waals surface area (Å²) in [6.45, 7) is 5.90. The molecule has 126 valence electrons. The van der Waals surface area contributed by atoms with Crippen molar-refractivity contribution in [1.82, 2.24) is 9.78 Å². The first-order valence-electron chi connectivity index (χ1n) is 7.69. The average molecular weight is 329 g/mol. The van der Waals surface area contributed by atoms with Crippen LogP contribution in [0.5, 0.6) is 11.5 Å². The van der Waals surface area contributed by atoms with Crippen LogP contribution >= 0.6 is 0 Å². The highest BCUT2D eigenvalue weighted by Crippen LogP contribution is 2.37. The molecule has 1 amide bonds. The van der Waals surface area contributed by atoms with E-state index in [0.29, 0.717) is 29.3 Å². The highest BCUT2D eigenvalue weighted by Gasteiger charge is 2.20. The second-order valence-corrected chi connectivity index (χ2v) is 5.76. The van der Waals surface area contributed by atoms with Gasteiger partial charge in [0, 0.05) is 30.3 Å². The quantitative estimate of drug-likeness (QED) is 0.852. The minimum atomic E-state index is -0.191. The SMILES string of the molecule is CC(=O)c1cc2c(cc1NC(=O)CCn1nc(C)cc1C)OCO2. The second-order valence-electron chi connectivity index (χ2n) is 5.76. The Morgan fingerprint density at radius 3 is 2.54 bits per heavy atom. The number of hydrogen-bond acceptors (Lipinski definition) is 5. The van der Waals surface area contributed by atoms with Gasteiger partial charge in [-0.15, -0.1) is 0 Å². The number of nitrogens with one attached hydrogen (secondary N) is 1. The van der Waals surface area contributed by atoms with E-state index in [1.165, 1.54) is 6.92 Å². The summed E-state index contributed by atoms with van der Waals surface area (Å²) in [4.78, 5) is 24.1. The number of aromatic nitrogens is 2. The lowest BCUT2D eigenvalue weighted by atomic mass is 10.1. The predicted octanol–water partition coefficient (Wildman–Crippen LogP) is 2.46. The summed E-state index contributed by atoms with van der Waals surface area (Å²) in [6, 6.07) is 5.19. The minimum Gasteiger partial charge on any atom is -0.454 e. The lowest BCUT2D eigenvalue weighted by Crippen LogP contribution is -2.17. The molecule has 0 fully saturated rings. The molecule has 2 heterocycles. The first-order chi connectivity index (χ1) is 11.4. The number of nitrogens with zero attached hydrogens (tertiary/aromatic N) is 2. The fourth-order valence-electron chi connectivity index (χ4n) is 2.66. The third kappa shape index (κ3) is 3.24. The zero-order chi connectivity index (χ0) is 17.3. The van der Waals surface area contributed by atoms with Gasteiger partial charge in [0.25, 0.3) is 0 Å². The zero-order valence-electron chi connectivity index (χ0n) is 13.9. The van der Waals surface area contributed by atoms with Crippen molar-refractivity contribution in [3.63, 3.8) is 0 Å². The molecular weight excluding hydrogens is 310 g/mol. The molecule has 0 saturated carbocycles. The van der Waals surface area contributed by atoms with Crippen molar-refractivity contribution in [3.8, 4) is 11.5 Å². The molecular formula is C17H19N3O4. The van der Waals surface area contributed by atoms with Crippen LogP contribution in [0.2, 0.25) is 0 Å². The molecule has 1 N–H and O–H groups in total. The van der Waals surface area contributed by atoms with Crippen molar-refractivity contribution >= 4 is 17.4 Å². The van der Waals surface area contributed by atoms with Gasteiger partial charge in [-0.05, 0) is 32.9 Å². The maximum Gasteiger partial charge on any atom is 0.231 e. The van der Waals surface area contributed by atoms with Gasteiger partial charge in [-0.2, -0.15) is 5.10 Å². The molecule has 0 unspecified atom stereocenters. The Bertz CT molecular complexity index is 810. The normalized spacial score (nSPS) is 12.3. The van der Waals surface area contributed by atoms with Crippen molar-refractivity contribution in [2.45, 2.75) is 33.7 Å². The Morgan fingerprint density at radius 2 is 1.92 bits per heavy atom. The summed E-state index contributed by atoms with van der Waals surface area (Å²) in [7, 11) is 0. The maximum atomic E-state index is 12.2. The van der Waals surface area contributed by atoms with Crippen molar-refractivity contribution in [2.24, 2.45) is 0 Å². The van der Waals surface area contributed by atoms with E-state index < -0.39 is 0 Å². The number of carbonyl (C=O) groups excluding carboxylic acids is 2. The highest BCUT2D eigenvalue weighted by atomic mass is 16.7. The monoisotopic (exact) mass is 329 g/mol. The van der Waals surface area contributed by atoms with Crippen LogP contribution in [0.15, 0.2) is 18.2 Å². The summed E-state index contributed by atoms with van der Waals surface area (Å²) in [5.74, 6) is 0.695. The third-order valence-corrected chi connectivity index (χ3v) is 3.82. The van der Waals surface area contributed by atoms with E-state index in [1.807, 2.05) is 19.9 Å². The number of ether oxygens (including phenoxy) is 2. The van der Waals surface area contributed by atoms with Crippen LogP contribution in [-0.2, 0) is 11.3 Å². The number of benzene rings is 1. The van der Waals surface area contributed by atoms with Crippen molar-refractivity contribution < 1.29 is 19.1 Å². The van der Waals surface area contributed by atoms with E-state index in [1.54, 1.807) is 16.8 Å². The topological polar surface area (TPSA) is 82.5 Å². The predicted molar refractivity (Wildman–Crippen MR) is 87.5 cm³/mol. The first kappa shape index (κ1) is 16.0. The molecule has 24 heavy (non-hydrogen) atoms. The standard InChI is InChI=1S/C17H19N3O4/c1-10-6-11(2)20(19-10)5-4-17(22)18-14-8-16-15(23-9-24-16)7-13(14)12(3)21/h6-8H,4-5,9H2,1-3H3,(H,18,22). The molecule has 3 rings (SSSR count). The molecule has 7 heteroatoms. The molecule has 0 saturated heterocycles. The Hall–Kier alpha value is -2.83. The smallest absolute Gasteiger partial charge is 0.231 e. The number of Topliss-reactive ketones (excluding diaryl/α,β-unsaturated/α-hetero) is 1. The van der Waals surface area contributed by atoms with Gasteiger partial charge in [-0.3, -0.25) is 14.3 Å². The number of ketones is 1. The zero-order valence-corrected chi connectivity index (χ0v) is 13.9. The van der Waals surface area contributed by atoms with Crippen molar-refractivity contribution in [1.29, 1.82) is 0 Å². The van der Waals surface area contributed by atoms with Gasteiger partial charge in [-0.25, -0.2) is 0 Å². The minimum absolute atomic E-state index is 0.113. The maximum absolute atomic E-state index is 12.2. The Labute approximate surface area is 139 Å². The number of rotatable bonds is 5. The molecule has 2 aromatic rings. The fourth-order valence-corrected chi connectivity index (χ4v) is 2.66. The van der Waals surface area contributed by atoms with Crippen LogP contribution in [0, 0.1) is 13.8 Å². The fraction of sp³-hybridized carbons (Fsp3) is 0.353. The molecule has 7 nitrogen and oxygen atoms in total. The first-order valence-corrected chi connectivity index (χ1v) is 7.69. The molecule has 1 aliphatic heterocycles. The average Bonchev–Trinajstić information content (AvgIpc) is 3.09. The number of carbonyl (C=O) groups is 2. The van der Waals surface area contributed by atoms with E-state index in [-0.39, 0.29) is 24.9 Å². The third-order valence-electron chi connectivity index (χ3n) is 3.82. The van der Waals surface area contributed by atoms with E-state index in [9.17, 15) is 9.59 Å². The van der Waals surface area contributed by atoms with Crippen LogP contribution in [0.25, 0.3) is 0 Å². The second kappa shape index (κ2) is 6.35. The van der Waals surface area contributed by atoms with Crippen LogP contribution < -0.4 is 14.8 Å². The van der Waals surface area contributed by atoms with Crippen molar-refractivity contribution in [3.05, 3.63) is 35.2 Å². The number of aryl methyl sites for hydroxylation is 3. The van der Waals surface area contributed by atoms with E-state index in [2.05, 4.69) is 10.4 Å². The van der Waals surface area contributed by atoms with Crippen LogP contribution in [0.4, 0.5) is 5.69 Å². The number of hydrogen-bond donors (Lipinski definition) is 1. The van der Waals surface area contributed by atoms with E-state index in [0.717, 1.165) is 11.4 Å². The Kier molecular flexibility index (Phi) is 4.24. The summed E-state index contributed by atoms with van der Waals surface area (Å²) in [5.41, 5.74) is 2.76. The van der Waals surface area contributed by atoms with Gasteiger partial charge in [0.05, 0.1) is 11.4 Å². The van der Waals surface area contributed by atoms with Crippen LogP contribution in [0.3, 0.4) is 0 Å². The van der Waals surface area contributed by atoms with Gasteiger partial charge in [0.15, 0.2) is 17.3 Å². The number of anilines is 1. The summed E-state index contributed by atoms with van der Waals surface area (Å²) in [6.07, 6.45) is 0.258. The number of fused-ring (bicyclic) bond motifs is 1. The highest BCUT2D eigenvalue weighted by molar-refractivity contribution is 6.04.